The normalized spacial score (nSPS) is 18.6. The number of nitrogens with zero attached hydrogens (tertiary/aromatic N) is 2. The minimum Gasteiger partial charge on any atom is -0.444 e. The second-order valence-corrected chi connectivity index (χ2v) is 6.91. The monoisotopic (exact) mass is 313 g/mol. The van der Waals surface area contributed by atoms with Gasteiger partial charge < -0.3 is 14.5 Å². The highest BCUT2D eigenvalue weighted by molar-refractivity contribution is 5.71. The maximum atomic E-state index is 12.0. The number of rotatable bonds is 2. The Balaban J connectivity index is 1.78. The topological polar surface area (TPSA) is 55.6 Å². The summed E-state index contributed by atoms with van der Waals surface area (Å²) >= 11 is 0. The SMILES string of the molecule is CC(C)(C)OC(=O)N[C@H]1C=C(c2cnc3ccccn23)CCC1. The van der Waals surface area contributed by atoms with Crippen LogP contribution in [0.25, 0.3) is 11.2 Å². The first kappa shape index (κ1) is 15.6. The van der Waals surface area contributed by atoms with Crippen molar-refractivity contribution in [1.82, 2.24) is 14.7 Å². The number of nitrogens with one attached hydrogen (secondary N) is 1. The minimum atomic E-state index is -0.479. The largest absolute Gasteiger partial charge is 0.444 e. The molecule has 0 spiro atoms. The number of hydrogen-bond acceptors (Lipinski definition) is 3. The molecule has 1 atom stereocenters. The van der Waals surface area contributed by atoms with Gasteiger partial charge in [0.15, 0.2) is 0 Å². The Labute approximate surface area is 136 Å². The molecule has 23 heavy (non-hydrogen) atoms. The zero-order valence-corrected chi connectivity index (χ0v) is 13.9. The molecule has 122 valence electrons. The molecule has 0 saturated carbocycles. The van der Waals surface area contributed by atoms with E-state index in [1.807, 2.05) is 51.4 Å². The van der Waals surface area contributed by atoms with Crippen LogP contribution in [0.1, 0.15) is 45.7 Å². The van der Waals surface area contributed by atoms with Crippen molar-refractivity contribution in [2.24, 2.45) is 0 Å². The summed E-state index contributed by atoms with van der Waals surface area (Å²) in [6, 6.07) is 5.97. The summed E-state index contributed by atoms with van der Waals surface area (Å²) in [5.41, 5.74) is 2.77. The van der Waals surface area contributed by atoms with E-state index in [1.165, 1.54) is 5.57 Å². The molecule has 1 N–H and O–H groups in total. The molecule has 0 radical (unpaired) electrons. The van der Waals surface area contributed by atoms with Crippen LogP contribution in [-0.2, 0) is 4.74 Å². The van der Waals surface area contributed by atoms with Crippen molar-refractivity contribution in [2.75, 3.05) is 0 Å². The lowest BCUT2D eigenvalue weighted by atomic mass is 9.94. The second-order valence-electron chi connectivity index (χ2n) is 6.91. The van der Waals surface area contributed by atoms with Gasteiger partial charge in [-0.3, -0.25) is 0 Å². The predicted octanol–water partition coefficient (Wildman–Crippen LogP) is 3.79. The average Bonchev–Trinajstić information content (AvgIpc) is 2.89. The van der Waals surface area contributed by atoms with Crippen LogP contribution in [0.4, 0.5) is 4.79 Å². The van der Waals surface area contributed by atoms with Crippen molar-refractivity contribution in [1.29, 1.82) is 0 Å². The van der Waals surface area contributed by atoms with Crippen LogP contribution < -0.4 is 5.32 Å². The molecular weight excluding hydrogens is 290 g/mol. The zero-order chi connectivity index (χ0) is 16.4. The summed E-state index contributed by atoms with van der Waals surface area (Å²) in [7, 11) is 0. The van der Waals surface area contributed by atoms with Gasteiger partial charge in [-0.1, -0.05) is 12.1 Å². The number of amides is 1. The van der Waals surface area contributed by atoms with E-state index < -0.39 is 5.60 Å². The molecular formula is C18H23N3O2. The maximum Gasteiger partial charge on any atom is 0.408 e. The zero-order valence-electron chi connectivity index (χ0n) is 13.9. The molecule has 2 aromatic heterocycles. The quantitative estimate of drug-likeness (QED) is 0.917. The number of pyridine rings is 1. The molecule has 5 nitrogen and oxygen atoms in total. The lowest BCUT2D eigenvalue weighted by Gasteiger charge is -2.25. The first-order valence-corrected chi connectivity index (χ1v) is 8.05. The molecule has 3 rings (SSSR count). The van der Waals surface area contributed by atoms with Crippen LogP contribution in [0, 0.1) is 0 Å². The van der Waals surface area contributed by atoms with Crippen molar-refractivity contribution in [3.05, 3.63) is 42.4 Å². The number of allylic oxidation sites excluding steroid dienone is 1. The van der Waals surface area contributed by atoms with Crippen LogP contribution in [-0.4, -0.2) is 27.1 Å². The molecule has 0 aromatic carbocycles. The van der Waals surface area contributed by atoms with Gasteiger partial charge in [-0.2, -0.15) is 0 Å². The average molecular weight is 313 g/mol. The van der Waals surface area contributed by atoms with Gasteiger partial charge in [0.1, 0.15) is 11.2 Å². The Morgan fingerprint density at radius 2 is 2.22 bits per heavy atom. The minimum absolute atomic E-state index is 0.00265. The number of alkyl carbamates (subject to hydrolysis) is 1. The molecule has 2 aromatic rings. The molecule has 0 aliphatic heterocycles. The fourth-order valence-electron chi connectivity index (χ4n) is 2.88. The highest BCUT2D eigenvalue weighted by atomic mass is 16.6. The van der Waals surface area contributed by atoms with Crippen LogP contribution in [0.15, 0.2) is 36.7 Å². The number of carbonyl (C=O) groups is 1. The lowest BCUT2D eigenvalue weighted by molar-refractivity contribution is 0.0511. The van der Waals surface area contributed by atoms with E-state index in [0.29, 0.717) is 0 Å². The van der Waals surface area contributed by atoms with E-state index in [1.54, 1.807) is 0 Å². The van der Waals surface area contributed by atoms with Gasteiger partial charge in [0.05, 0.1) is 17.9 Å². The molecule has 1 aliphatic carbocycles. The predicted molar refractivity (Wildman–Crippen MR) is 90.2 cm³/mol. The highest BCUT2D eigenvalue weighted by Gasteiger charge is 2.22. The van der Waals surface area contributed by atoms with E-state index in [0.717, 1.165) is 30.6 Å². The van der Waals surface area contributed by atoms with Crippen molar-refractivity contribution < 1.29 is 9.53 Å². The van der Waals surface area contributed by atoms with Gasteiger partial charge in [-0.15, -0.1) is 0 Å². The number of hydrogen-bond donors (Lipinski definition) is 1. The molecule has 1 amide bonds. The van der Waals surface area contributed by atoms with Crippen LogP contribution >= 0.6 is 0 Å². The maximum absolute atomic E-state index is 12.0. The summed E-state index contributed by atoms with van der Waals surface area (Å²) in [5, 5.41) is 2.95. The molecule has 1 aliphatic rings. The number of ether oxygens (including phenoxy) is 1. The summed E-state index contributed by atoms with van der Waals surface area (Å²) in [6.07, 6.45) is 8.64. The van der Waals surface area contributed by atoms with Crippen molar-refractivity contribution >= 4 is 17.3 Å². The van der Waals surface area contributed by atoms with Crippen molar-refractivity contribution in [3.8, 4) is 0 Å². The van der Waals surface area contributed by atoms with Crippen molar-refractivity contribution in [3.63, 3.8) is 0 Å². The smallest absolute Gasteiger partial charge is 0.408 e. The van der Waals surface area contributed by atoms with Gasteiger partial charge in [0.2, 0.25) is 0 Å². The fraction of sp³-hybridized carbons (Fsp3) is 0.444. The van der Waals surface area contributed by atoms with Gasteiger partial charge in [-0.05, 0) is 57.7 Å². The molecule has 0 saturated heterocycles. The van der Waals surface area contributed by atoms with Gasteiger partial charge in [-0.25, -0.2) is 9.78 Å². The van der Waals surface area contributed by atoms with Crippen molar-refractivity contribution in [2.45, 2.75) is 51.7 Å². The Kier molecular flexibility index (Phi) is 4.11. The number of carbonyl (C=O) groups excluding carboxylic acids is 1. The summed E-state index contributed by atoms with van der Waals surface area (Å²) in [5.74, 6) is 0. The Morgan fingerprint density at radius 1 is 1.39 bits per heavy atom. The van der Waals surface area contributed by atoms with Crippen LogP contribution in [0.3, 0.4) is 0 Å². The van der Waals surface area contributed by atoms with Crippen LogP contribution in [0.2, 0.25) is 0 Å². The summed E-state index contributed by atoms with van der Waals surface area (Å²) in [4.78, 5) is 16.4. The Morgan fingerprint density at radius 3 is 3.00 bits per heavy atom. The van der Waals surface area contributed by atoms with E-state index >= 15 is 0 Å². The number of fused-ring (bicyclic) bond motifs is 1. The van der Waals surface area contributed by atoms with E-state index in [-0.39, 0.29) is 12.1 Å². The van der Waals surface area contributed by atoms with Crippen LogP contribution in [0.5, 0.6) is 0 Å². The fourth-order valence-corrected chi connectivity index (χ4v) is 2.88. The third-order valence-corrected chi connectivity index (χ3v) is 3.81. The third-order valence-electron chi connectivity index (χ3n) is 3.81. The molecule has 5 heteroatoms. The Bertz CT molecular complexity index is 740. The second kappa shape index (κ2) is 6.07. The summed E-state index contributed by atoms with van der Waals surface area (Å²) in [6.45, 7) is 5.60. The van der Waals surface area contributed by atoms with E-state index in [9.17, 15) is 4.79 Å². The first-order chi connectivity index (χ1) is 10.9. The lowest BCUT2D eigenvalue weighted by Crippen LogP contribution is -2.39. The molecule has 0 bridgehead atoms. The van der Waals surface area contributed by atoms with E-state index in [4.69, 9.17) is 4.74 Å². The highest BCUT2D eigenvalue weighted by Crippen LogP contribution is 2.27. The van der Waals surface area contributed by atoms with Gasteiger partial charge in [0, 0.05) is 6.20 Å². The van der Waals surface area contributed by atoms with Gasteiger partial charge >= 0.3 is 6.09 Å². The molecule has 0 unspecified atom stereocenters. The number of aromatic nitrogens is 2. The standard InChI is InChI=1S/C18H23N3O2/c1-18(2,3)23-17(22)20-14-8-6-7-13(11-14)15-12-19-16-9-4-5-10-21(15)16/h4-5,9-12,14H,6-8H2,1-3H3,(H,20,22)/t14-/m1/s1. The number of imidazole rings is 1. The Hall–Kier alpha value is -2.30. The third kappa shape index (κ3) is 3.73. The van der Waals surface area contributed by atoms with Gasteiger partial charge in [0.25, 0.3) is 0 Å². The first-order valence-electron chi connectivity index (χ1n) is 8.05. The van der Waals surface area contributed by atoms with E-state index in [2.05, 4.69) is 20.8 Å². The summed E-state index contributed by atoms with van der Waals surface area (Å²) < 4.78 is 7.42. The molecule has 2 heterocycles. The molecule has 0 fully saturated rings.